The number of aliphatic hydroxyl groups is 1. The second-order valence-electron chi connectivity index (χ2n) is 3.93. The fourth-order valence-corrected chi connectivity index (χ4v) is 2.66. The van der Waals surface area contributed by atoms with Gasteiger partial charge in [0.15, 0.2) is 0 Å². The Hall–Kier alpha value is -0.380. The summed E-state index contributed by atoms with van der Waals surface area (Å²) in [6.07, 6.45) is 3.16. The molecule has 0 spiro atoms. The first-order chi connectivity index (χ1) is 6.84. The molecule has 3 heteroatoms. The minimum Gasteiger partial charge on any atom is -0.392 e. The second kappa shape index (κ2) is 4.91. The van der Waals surface area contributed by atoms with Crippen molar-refractivity contribution in [2.45, 2.75) is 25.4 Å². The van der Waals surface area contributed by atoms with Gasteiger partial charge in [0.2, 0.25) is 0 Å². The topological polar surface area (TPSA) is 23.5 Å². The minimum atomic E-state index is -0.0907. The van der Waals surface area contributed by atoms with Crippen LogP contribution < -0.4 is 0 Å². The van der Waals surface area contributed by atoms with Gasteiger partial charge in [-0.25, -0.2) is 0 Å². The summed E-state index contributed by atoms with van der Waals surface area (Å²) in [6, 6.07) is 4.29. The van der Waals surface area contributed by atoms with Crippen LogP contribution in [-0.2, 0) is 6.42 Å². The molecule has 1 aromatic heterocycles. The van der Waals surface area contributed by atoms with E-state index in [9.17, 15) is 5.11 Å². The molecule has 0 bridgehead atoms. The van der Waals surface area contributed by atoms with Gasteiger partial charge in [-0.15, -0.1) is 11.3 Å². The highest BCUT2D eigenvalue weighted by atomic mass is 32.1. The zero-order valence-electron chi connectivity index (χ0n) is 8.35. The van der Waals surface area contributed by atoms with E-state index in [1.807, 2.05) is 11.3 Å². The van der Waals surface area contributed by atoms with Gasteiger partial charge in [0.25, 0.3) is 0 Å². The predicted octanol–water partition coefficient (Wildman–Crippen LogP) is 1.75. The first kappa shape index (κ1) is 10.1. The summed E-state index contributed by atoms with van der Waals surface area (Å²) < 4.78 is 0. The maximum atomic E-state index is 9.50. The summed E-state index contributed by atoms with van der Waals surface area (Å²) in [4.78, 5) is 3.82. The Labute approximate surface area is 89.2 Å². The number of aliphatic hydroxyl groups excluding tert-OH is 1. The predicted molar refractivity (Wildman–Crippen MR) is 59.7 cm³/mol. The average molecular weight is 211 g/mol. The molecule has 0 aromatic carbocycles. The third-order valence-corrected chi connectivity index (χ3v) is 3.67. The van der Waals surface area contributed by atoms with E-state index in [4.69, 9.17) is 0 Å². The van der Waals surface area contributed by atoms with Crippen LogP contribution >= 0.6 is 11.3 Å². The van der Waals surface area contributed by atoms with Crippen molar-refractivity contribution >= 4 is 11.3 Å². The highest BCUT2D eigenvalue weighted by Gasteiger charge is 2.16. The lowest BCUT2D eigenvalue weighted by Crippen LogP contribution is -2.39. The fourth-order valence-electron chi connectivity index (χ4n) is 1.96. The van der Waals surface area contributed by atoms with Crippen LogP contribution in [0.5, 0.6) is 0 Å². The molecule has 2 rings (SSSR count). The van der Waals surface area contributed by atoms with Gasteiger partial charge in [-0.2, -0.15) is 0 Å². The molecular weight excluding hydrogens is 194 g/mol. The zero-order valence-corrected chi connectivity index (χ0v) is 9.17. The van der Waals surface area contributed by atoms with Crippen molar-refractivity contribution in [1.82, 2.24) is 4.90 Å². The number of β-amino-alcohol motifs (C(OH)–C–C–N with tert-alkyl or cyclic N) is 1. The lowest BCUT2D eigenvalue weighted by molar-refractivity contribution is 0.0715. The van der Waals surface area contributed by atoms with Gasteiger partial charge in [-0.1, -0.05) is 6.07 Å². The maximum Gasteiger partial charge on any atom is 0.0667 e. The standard InChI is InChI=1S/C11H17NOS/c13-10-3-1-6-12(9-10)7-5-11-4-2-8-14-11/h2,4,8,10,13H,1,3,5-7,9H2/t10-/m0/s1. The third kappa shape index (κ3) is 2.80. The van der Waals surface area contributed by atoms with E-state index < -0.39 is 0 Å². The highest BCUT2D eigenvalue weighted by Crippen LogP contribution is 2.13. The number of hydrogen-bond donors (Lipinski definition) is 1. The van der Waals surface area contributed by atoms with Crippen LogP contribution in [-0.4, -0.2) is 35.7 Å². The van der Waals surface area contributed by atoms with Crippen LogP contribution in [0.3, 0.4) is 0 Å². The van der Waals surface area contributed by atoms with Gasteiger partial charge >= 0.3 is 0 Å². The zero-order chi connectivity index (χ0) is 9.80. The Balaban J connectivity index is 1.75. The van der Waals surface area contributed by atoms with Gasteiger partial charge in [0.05, 0.1) is 6.10 Å². The summed E-state index contributed by atoms with van der Waals surface area (Å²) in [5.41, 5.74) is 0. The lowest BCUT2D eigenvalue weighted by atomic mass is 10.1. The summed E-state index contributed by atoms with van der Waals surface area (Å²) in [5, 5.41) is 11.6. The van der Waals surface area contributed by atoms with Crippen molar-refractivity contribution in [2.75, 3.05) is 19.6 Å². The number of likely N-dealkylation sites (tertiary alicyclic amines) is 1. The van der Waals surface area contributed by atoms with Crippen LogP contribution in [0.15, 0.2) is 17.5 Å². The fraction of sp³-hybridized carbons (Fsp3) is 0.636. The molecule has 0 amide bonds. The molecule has 1 fully saturated rings. The molecule has 0 radical (unpaired) electrons. The number of piperidine rings is 1. The Morgan fingerprint density at radius 2 is 2.50 bits per heavy atom. The van der Waals surface area contributed by atoms with E-state index in [-0.39, 0.29) is 6.10 Å². The molecule has 2 heterocycles. The Bertz CT molecular complexity index is 260. The number of rotatable bonds is 3. The number of nitrogens with zero attached hydrogens (tertiary/aromatic N) is 1. The van der Waals surface area contributed by atoms with Gasteiger partial charge in [-0.3, -0.25) is 0 Å². The Morgan fingerprint density at radius 3 is 3.21 bits per heavy atom. The summed E-state index contributed by atoms with van der Waals surface area (Å²) in [6.45, 7) is 3.12. The summed E-state index contributed by atoms with van der Waals surface area (Å²) in [5.74, 6) is 0. The van der Waals surface area contributed by atoms with Crippen molar-refractivity contribution < 1.29 is 5.11 Å². The molecule has 1 aliphatic rings. The van der Waals surface area contributed by atoms with Crippen molar-refractivity contribution in [1.29, 1.82) is 0 Å². The average Bonchev–Trinajstić information content (AvgIpc) is 2.67. The van der Waals surface area contributed by atoms with Gasteiger partial charge < -0.3 is 10.0 Å². The molecule has 0 saturated carbocycles. The largest absolute Gasteiger partial charge is 0.392 e. The van der Waals surface area contributed by atoms with E-state index in [0.29, 0.717) is 0 Å². The van der Waals surface area contributed by atoms with E-state index >= 15 is 0 Å². The molecule has 1 atom stereocenters. The summed E-state index contributed by atoms with van der Waals surface area (Å²) in [7, 11) is 0. The van der Waals surface area contributed by atoms with Gasteiger partial charge in [0.1, 0.15) is 0 Å². The number of hydrogen-bond acceptors (Lipinski definition) is 3. The Morgan fingerprint density at radius 1 is 1.57 bits per heavy atom. The molecule has 0 unspecified atom stereocenters. The molecular formula is C11H17NOS. The van der Waals surface area contributed by atoms with Crippen LogP contribution in [0.2, 0.25) is 0 Å². The minimum absolute atomic E-state index is 0.0907. The van der Waals surface area contributed by atoms with E-state index in [1.54, 1.807) is 0 Å². The van der Waals surface area contributed by atoms with Crippen LogP contribution in [0, 0.1) is 0 Å². The lowest BCUT2D eigenvalue weighted by Gasteiger charge is -2.29. The quantitative estimate of drug-likeness (QED) is 0.823. The van der Waals surface area contributed by atoms with Crippen LogP contribution in [0.1, 0.15) is 17.7 Å². The van der Waals surface area contributed by atoms with Crippen molar-refractivity contribution in [3.63, 3.8) is 0 Å². The van der Waals surface area contributed by atoms with Gasteiger partial charge in [0, 0.05) is 18.0 Å². The first-order valence-corrected chi connectivity index (χ1v) is 6.15. The third-order valence-electron chi connectivity index (χ3n) is 2.74. The molecule has 78 valence electrons. The van der Waals surface area contributed by atoms with Crippen molar-refractivity contribution in [3.05, 3.63) is 22.4 Å². The normalized spacial score (nSPS) is 23.9. The first-order valence-electron chi connectivity index (χ1n) is 5.27. The smallest absolute Gasteiger partial charge is 0.0667 e. The Kier molecular flexibility index (Phi) is 3.56. The van der Waals surface area contributed by atoms with E-state index in [2.05, 4.69) is 22.4 Å². The highest BCUT2D eigenvalue weighted by molar-refractivity contribution is 7.09. The van der Waals surface area contributed by atoms with Gasteiger partial charge in [-0.05, 0) is 37.3 Å². The van der Waals surface area contributed by atoms with E-state index in [1.165, 1.54) is 4.88 Å². The van der Waals surface area contributed by atoms with Crippen molar-refractivity contribution in [3.8, 4) is 0 Å². The molecule has 1 aliphatic heterocycles. The molecule has 2 nitrogen and oxygen atoms in total. The summed E-state index contributed by atoms with van der Waals surface area (Å²) >= 11 is 1.82. The monoisotopic (exact) mass is 211 g/mol. The SMILES string of the molecule is O[C@H]1CCCN(CCc2cccs2)C1. The molecule has 1 aromatic rings. The molecule has 1 N–H and O–H groups in total. The number of thiophene rings is 1. The van der Waals surface area contributed by atoms with Crippen LogP contribution in [0.4, 0.5) is 0 Å². The molecule has 1 saturated heterocycles. The molecule has 14 heavy (non-hydrogen) atoms. The van der Waals surface area contributed by atoms with Crippen molar-refractivity contribution in [2.24, 2.45) is 0 Å². The van der Waals surface area contributed by atoms with Crippen LogP contribution in [0.25, 0.3) is 0 Å². The maximum absolute atomic E-state index is 9.50. The van der Waals surface area contributed by atoms with E-state index in [0.717, 1.165) is 38.9 Å². The molecule has 0 aliphatic carbocycles. The second-order valence-corrected chi connectivity index (χ2v) is 4.96.